The van der Waals surface area contributed by atoms with Crippen molar-refractivity contribution in [3.05, 3.63) is 70.4 Å². The van der Waals surface area contributed by atoms with Gasteiger partial charge in [0, 0.05) is 23.8 Å². The van der Waals surface area contributed by atoms with Gasteiger partial charge in [-0.3, -0.25) is 4.79 Å². The largest absolute Gasteiger partial charge is 0.508 e. The van der Waals surface area contributed by atoms with Crippen molar-refractivity contribution < 1.29 is 118 Å². The van der Waals surface area contributed by atoms with E-state index in [1.54, 1.807) is 0 Å². The Labute approximate surface area is 388 Å². The van der Waals surface area contributed by atoms with Gasteiger partial charge in [0.1, 0.15) is 89.3 Å². The second-order valence-corrected chi connectivity index (χ2v) is 15.9. The summed E-state index contributed by atoms with van der Waals surface area (Å²) in [5, 5.41) is 136. The van der Waals surface area contributed by atoms with Crippen LogP contribution in [0.3, 0.4) is 0 Å². The first kappa shape index (κ1) is 51.0. The third-order valence-corrected chi connectivity index (χ3v) is 11.5. The molecule has 7 unspecified atom stereocenters. The third-order valence-electron chi connectivity index (χ3n) is 11.5. The van der Waals surface area contributed by atoms with E-state index in [-0.39, 0.29) is 39.9 Å². The molecule has 1 aromatic heterocycles. The number of carbonyl (C=O) groups is 1. The molecule has 0 saturated carbocycles. The number of methoxy groups -OCH3 is 2. The normalized spacial score (nSPS) is 31.6. The summed E-state index contributed by atoms with van der Waals surface area (Å²) in [6, 6.07) is 9.64. The van der Waals surface area contributed by atoms with Crippen LogP contribution in [0.4, 0.5) is 0 Å². The Morgan fingerprint density at radius 2 is 1.20 bits per heavy atom. The summed E-state index contributed by atoms with van der Waals surface area (Å²) in [7, 11) is 2.56. The number of hydrogen-bond donors (Lipinski definition) is 13. The van der Waals surface area contributed by atoms with Crippen molar-refractivity contribution >= 4 is 23.0 Å². The van der Waals surface area contributed by atoms with Gasteiger partial charge in [-0.15, -0.1) is 0 Å². The molecule has 376 valence electrons. The van der Waals surface area contributed by atoms with E-state index in [4.69, 9.17) is 47.0 Å². The molecule has 4 aromatic rings. The van der Waals surface area contributed by atoms with Gasteiger partial charge in [0.2, 0.25) is 29.5 Å². The van der Waals surface area contributed by atoms with Gasteiger partial charge in [-0.25, -0.2) is 4.79 Å². The number of esters is 1. The highest BCUT2D eigenvalue weighted by Crippen LogP contribution is 2.40. The number of ether oxygens (including phenoxy) is 9. The maximum Gasteiger partial charge on any atom is 0.331 e. The number of rotatable bonds is 15. The van der Waals surface area contributed by atoms with Gasteiger partial charge < -0.3 is 113 Å². The van der Waals surface area contributed by atoms with Crippen LogP contribution in [0, 0.1) is 0 Å². The van der Waals surface area contributed by atoms with Crippen LogP contribution in [0.2, 0.25) is 0 Å². The van der Waals surface area contributed by atoms with E-state index in [1.807, 2.05) is 0 Å². The van der Waals surface area contributed by atoms with Crippen molar-refractivity contribution in [1.82, 2.24) is 0 Å². The van der Waals surface area contributed by atoms with Gasteiger partial charge in [-0.1, -0.05) is 0 Å². The van der Waals surface area contributed by atoms with E-state index in [2.05, 4.69) is 0 Å². The molecule has 4 heterocycles. The average Bonchev–Trinajstić information content (AvgIpc) is 3.33. The molecule has 3 fully saturated rings. The Hall–Kier alpha value is -5.88. The Kier molecular flexibility index (Phi) is 15.8. The molecular weight excluding hydrogens is 928 g/mol. The van der Waals surface area contributed by atoms with Crippen molar-refractivity contribution in [2.75, 3.05) is 34.0 Å². The van der Waals surface area contributed by atoms with Crippen molar-refractivity contribution in [2.24, 2.45) is 0 Å². The molecule has 25 nitrogen and oxygen atoms in total. The lowest BCUT2D eigenvalue weighted by Crippen LogP contribution is -2.65. The Balaban J connectivity index is 1.24. The monoisotopic (exact) mass is 978 g/mol. The summed E-state index contributed by atoms with van der Waals surface area (Å²) < 4.78 is 56.5. The van der Waals surface area contributed by atoms with Crippen LogP contribution in [0.25, 0.3) is 28.4 Å². The number of benzene rings is 3. The first-order valence-electron chi connectivity index (χ1n) is 20.9. The first-order valence-corrected chi connectivity index (χ1v) is 20.9. The molecule has 15 atom stereocenters. The van der Waals surface area contributed by atoms with E-state index < -0.39 is 152 Å². The number of hydrogen-bond acceptors (Lipinski definition) is 25. The topological polar surface area (TPSA) is 393 Å². The summed E-state index contributed by atoms with van der Waals surface area (Å²) in [6.07, 6.45) is -25.9. The number of carbonyl (C=O) groups excluding carboxylic acids is 1. The number of phenolic OH excluding ortho intramolecular Hbond substituents is 3. The summed E-state index contributed by atoms with van der Waals surface area (Å²) in [6.45, 7) is -2.67. The highest BCUT2D eigenvalue weighted by Gasteiger charge is 2.53. The molecule has 0 spiro atoms. The SMILES string of the molecule is COc1cc(/C=C/C(=O)OC2C(O)[C@H](O)C(CO)O[C@H]2OC2[C@H](Oc3c(-c4ccc(O)cc4)oc4cc(O[C@@H]5O[C@@H](CO)[C@@H](O)C(O)C5O)cc(O)c4c3=O)OC(CO)[C@@H](O)[C@@H]2O)cc(OC)c1O. The molecule has 0 amide bonds. The van der Waals surface area contributed by atoms with Crippen LogP contribution < -0.4 is 24.4 Å². The van der Waals surface area contributed by atoms with E-state index in [1.165, 1.54) is 56.7 Å². The molecule has 0 bridgehead atoms. The zero-order valence-electron chi connectivity index (χ0n) is 36.3. The Bertz CT molecular complexity index is 2490. The second-order valence-electron chi connectivity index (χ2n) is 15.9. The van der Waals surface area contributed by atoms with E-state index >= 15 is 0 Å². The van der Waals surface area contributed by atoms with Crippen molar-refractivity contribution in [1.29, 1.82) is 0 Å². The zero-order valence-corrected chi connectivity index (χ0v) is 36.3. The van der Waals surface area contributed by atoms with Crippen LogP contribution in [-0.2, 0) is 28.5 Å². The summed E-state index contributed by atoms with van der Waals surface area (Å²) in [5.74, 6) is -4.14. The minimum atomic E-state index is -2.13. The van der Waals surface area contributed by atoms with Crippen LogP contribution in [0.1, 0.15) is 5.56 Å². The maximum atomic E-state index is 14.5. The second kappa shape index (κ2) is 21.4. The molecule has 0 radical (unpaired) electrons. The molecule has 0 aliphatic carbocycles. The fourth-order valence-electron chi connectivity index (χ4n) is 7.74. The fourth-order valence-corrected chi connectivity index (χ4v) is 7.74. The van der Waals surface area contributed by atoms with Gasteiger partial charge in [-0.2, -0.15) is 0 Å². The average molecular weight is 979 g/mol. The van der Waals surface area contributed by atoms with Crippen molar-refractivity contribution in [2.45, 2.75) is 92.1 Å². The zero-order chi connectivity index (χ0) is 50.0. The fraction of sp³-hybridized carbons (Fsp3) is 0.455. The lowest BCUT2D eigenvalue weighted by Gasteiger charge is -2.46. The number of aliphatic hydroxyl groups excluding tert-OH is 10. The lowest BCUT2D eigenvalue weighted by atomic mass is 9.97. The Morgan fingerprint density at radius 3 is 1.78 bits per heavy atom. The van der Waals surface area contributed by atoms with Crippen LogP contribution in [0.5, 0.6) is 40.2 Å². The molecule has 7 rings (SSSR count). The third kappa shape index (κ3) is 10.4. The van der Waals surface area contributed by atoms with Gasteiger partial charge in [0.05, 0.1) is 34.0 Å². The van der Waals surface area contributed by atoms with Crippen LogP contribution in [-0.4, -0.2) is 199 Å². The van der Waals surface area contributed by atoms with Gasteiger partial charge in [0.15, 0.2) is 35.8 Å². The number of aromatic hydroxyl groups is 3. The predicted molar refractivity (Wildman–Crippen MR) is 227 cm³/mol. The van der Waals surface area contributed by atoms with Gasteiger partial charge >= 0.3 is 5.97 Å². The molecule has 69 heavy (non-hydrogen) atoms. The maximum absolute atomic E-state index is 14.5. The molecule has 25 heteroatoms. The minimum Gasteiger partial charge on any atom is -0.508 e. The van der Waals surface area contributed by atoms with Crippen molar-refractivity contribution in [3.8, 4) is 51.6 Å². The quantitative estimate of drug-likeness (QED) is 0.0418. The first-order chi connectivity index (χ1) is 32.9. The van der Waals surface area contributed by atoms with Gasteiger partial charge in [-0.05, 0) is 48.0 Å². The predicted octanol–water partition coefficient (Wildman–Crippen LogP) is -2.96. The molecular formula is C44H50O25. The number of phenols is 3. The number of fused-ring (bicyclic) bond motifs is 1. The minimum absolute atomic E-state index is 0.0110. The van der Waals surface area contributed by atoms with Crippen LogP contribution in [0.15, 0.2) is 63.8 Å². The molecule has 3 saturated heterocycles. The Morgan fingerprint density at radius 1 is 0.652 bits per heavy atom. The van der Waals surface area contributed by atoms with E-state index in [9.17, 15) is 76.0 Å². The lowest BCUT2D eigenvalue weighted by molar-refractivity contribution is -0.358. The summed E-state index contributed by atoms with van der Waals surface area (Å²) in [4.78, 5) is 27.8. The standard InChI is InChI=1S/C44H50O25/c1-60-22-9-16(10-23(61-2)29(22)51)3-8-27(50)67-40-35(57)31(53)25(14-46)65-43(40)69-41-36(58)32(54)26(15-47)66-44(41)68-39-33(55)28-20(49)11-19(62-42-37(59)34(56)30(52)24(13-45)64-42)12-21(28)63-38(39)17-4-6-18(48)7-5-17/h3-12,24-26,30-32,34-37,40-49,51-54,56-59H,13-15H2,1-2H3/b8-3+/t24-,25?,26?,30+,31+,32+,34?,35?,36-,37?,40?,41?,42+,43-,44-/m0/s1. The van der Waals surface area contributed by atoms with E-state index in [0.717, 1.165) is 18.2 Å². The molecule has 3 aliphatic rings. The molecule has 3 aliphatic heterocycles. The van der Waals surface area contributed by atoms with Crippen molar-refractivity contribution in [3.63, 3.8) is 0 Å². The summed E-state index contributed by atoms with van der Waals surface area (Å²) in [5.41, 5.74) is -1.26. The molecule has 13 N–H and O–H groups in total. The summed E-state index contributed by atoms with van der Waals surface area (Å²) >= 11 is 0. The number of aliphatic hydroxyl groups is 10. The highest BCUT2D eigenvalue weighted by atomic mass is 16.8. The van der Waals surface area contributed by atoms with E-state index in [0.29, 0.717) is 0 Å². The highest BCUT2D eigenvalue weighted by molar-refractivity contribution is 5.89. The molecule has 3 aromatic carbocycles. The smallest absolute Gasteiger partial charge is 0.331 e. The van der Waals surface area contributed by atoms with Crippen LogP contribution >= 0.6 is 0 Å². The van der Waals surface area contributed by atoms with Gasteiger partial charge in [0.25, 0.3) is 0 Å².